The molecule has 0 saturated carbocycles. The molecule has 4 nitrogen and oxygen atoms in total. The summed E-state index contributed by atoms with van der Waals surface area (Å²) < 4.78 is 33.4. The van der Waals surface area contributed by atoms with Gasteiger partial charge in [-0.2, -0.15) is 0 Å². The molecule has 0 spiro atoms. The van der Waals surface area contributed by atoms with Gasteiger partial charge >= 0.3 is 7.12 Å². The van der Waals surface area contributed by atoms with E-state index < -0.39 is 7.12 Å². The fourth-order valence-electron chi connectivity index (χ4n) is 1.51. The minimum atomic E-state index is -0.531. The Bertz CT molecular complexity index is 344. The maximum atomic E-state index is 13.2. The van der Waals surface area contributed by atoms with Crippen LogP contribution in [0.4, 0.5) is 4.39 Å². The summed E-state index contributed by atoms with van der Waals surface area (Å²) in [6.45, 7) is 0.394. The molecule has 0 heterocycles. The normalized spacial score (nSPS) is 10.6. The van der Waals surface area contributed by atoms with Crippen LogP contribution in [0.1, 0.15) is 5.56 Å². The van der Waals surface area contributed by atoms with E-state index in [1.165, 1.54) is 33.5 Å². The van der Waals surface area contributed by atoms with Gasteiger partial charge in [-0.3, -0.25) is 0 Å². The molecule has 6 heteroatoms. The molecule has 0 atom stereocenters. The van der Waals surface area contributed by atoms with Crippen LogP contribution in [-0.2, 0) is 25.4 Å². The van der Waals surface area contributed by atoms with E-state index in [0.717, 1.165) is 5.46 Å². The number of benzene rings is 1. The third-order valence-electron chi connectivity index (χ3n) is 2.25. The van der Waals surface area contributed by atoms with Crippen LogP contribution in [0.2, 0.25) is 0 Å². The molecular weight excluding hydrogens is 226 g/mol. The zero-order valence-electron chi connectivity index (χ0n) is 10.2. The van der Waals surface area contributed by atoms with Crippen molar-refractivity contribution in [3.63, 3.8) is 0 Å². The number of halogens is 1. The molecule has 1 aromatic carbocycles. The second-order valence-electron chi connectivity index (χ2n) is 3.40. The maximum Gasteiger partial charge on any atom is 0.493 e. The summed E-state index contributed by atoms with van der Waals surface area (Å²) in [4.78, 5) is 0. The smallest absolute Gasteiger partial charge is 0.410 e. The Morgan fingerprint density at radius 1 is 1.18 bits per heavy atom. The summed E-state index contributed by atoms with van der Waals surface area (Å²) in [7, 11) is 4.05. The SMILES string of the molecule is COCOCc1cc(F)ccc1B(OC)OC. The van der Waals surface area contributed by atoms with Crippen molar-refractivity contribution >= 4 is 12.6 Å². The van der Waals surface area contributed by atoms with Crippen LogP contribution in [0.25, 0.3) is 0 Å². The number of ether oxygens (including phenoxy) is 2. The maximum absolute atomic E-state index is 13.2. The van der Waals surface area contributed by atoms with Gasteiger partial charge in [0.25, 0.3) is 0 Å². The second-order valence-corrected chi connectivity index (χ2v) is 3.40. The summed E-state index contributed by atoms with van der Waals surface area (Å²) in [6.07, 6.45) is 0. The van der Waals surface area contributed by atoms with Gasteiger partial charge in [0.1, 0.15) is 12.6 Å². The van der Waals surface area contributed by atoms with Gasteiger partial charge in [-0.05, 0) is 23.2 Å². The molecule has 0 aliphatic rings. The minimum Gasteiger partial charge on any atom is -0.410 e. The minimum absolute atomic E-state index is 0.153. The van der Waals surface area contributed by atoms with E-state index in [1.807, 2.05) is 0 Å². The van der Waals surface area contributed by atoms with Gasteiger partial charge in [0.05, 0.1) is 6.61 Å². The van der Waals surface area contributed by atoms with Crippen molar-refractivity contribution in [1.82, 2.24) is 0 Å². The molecule has 0 bridgehead atoms. The first-order valence-corrected chi connectivity index (χ1v) is 5.13. The van der Waals surface area contributed by atoms with Gasteiger partial charge < -0.3 is 18.8 Å². The van der Waals surface area contributed by atoms with Gasteiger partial charge in [-0.15, -0.1) is 0 Å². The van der Waals surface area contributed by atoms with E-state index in [0.29, 0.717) is 5.56 Å². The first-order valence-electron chi connectivity index (χ1n) is 5.13. The standard InChI is InChI=1S/C11H16BFO4/c1-14-8-17-7-9-6-10(13)4-5-11(9)12(15-2)16-3/h4-6H,7-8H2,1-3H3. The van der Waals surface area contributed by atoms with Crippen molar-refractivity contribution in [2.75, 3.05) is 28.1 Å². The van der Waals surface area contributed by atoms with Crippen LogP contribution in [-0.4, -0.2) is 35.2 Å². The van der Waals surface area contributed by atoms with E-state index in [2.05, 4.69) is 0 Å². The molecular formula is C11H16BFO4. The van der Waals surface area contributed by atoms with E-state index >= 15 is 0 Å². The number of hydrogen-bond donors (Lipinski definition) is 0. The van der Waals surface area contributed by atoms with Gasteiger partial charge in [0, 0.05) is 21.3 Å². The van der Waals surface area contributed by atoms with E-state index in [-0.39, 0.29) is 19.2 Å². The van der Waals surface area contributed by atoms with Crippen molar-refractivity contribution in [2.24, 2.45) is 0 Å². The molecule has 0 radical (unpaired) electrons. The average molecular weight is 242 g/mol. The zero-order chi connectivity index (χ0) is 12.7. The summed E-state index contributed by atoms with van der Waals surface area (Å²) >= 11 is 0. The lowest BCUT2D eigenvalue weighted by Gasteiger charge is -2.14. The predicted octanol–water partition coefficient (Wildman–Crippen LogP) is 0.934. The Labute approximate surface area is 101 Å². The van der Waals surface area contributed by atoms with Crippen molar-refractivity contribution in [2.45, 2.75) is 6.61 Å². The predicted molar refractivity (Wildman–Crippen MR) is 62.5 cm³/mol. The number of hydrogen-bond acceptors (Lipinski definition) is 4. The molecule has 17 heavy (non-hydrogen) atoms. The molecule has 0 fully saturated rings. The van der Waals surface area contributed by atoms with E-state index in [9.17, 15) is 4.39 Å². The summed E-state index contributed by atoms with van der Waals surface area (Å²) in [5, 5.41) is 0. The van der Waals surface area contributed by atoms with Crippen LogP contribution in [0.15, 0.2) is 18.2 Å². The highest BCUT2D eigenvalue weighted by Crippen LogP contribution is 2.05. The van der Waals surface area contributed by atoms with Crippen LogP contribution >= 0.6 is 0 Å². The van der Waals surface area contributed by atoms with E-state index in [4.69, 9.17) is 18.8 Å². The Morgan fingerprint density at radius 3 is 2.47 bits per heavy atom. The molecule has 0 amide bonds. The molecule has 0 unspecified atom stereocenters. The van der Waals surface area contributed by atoms with Crippen molar-refractivity contribution in [3.8, 4) is 0 Å². The summed E-state index contributed by atoms with van der Waals surface area (Å²) in [5.41, 5.74) is 1.42. The third kappa shape index (κ3) is 4.09. The summed E-state index contributed by atoms with van der Waals surface area (Å²) in [6, 6.07) is 4.38. The molecule has 0 aliphatic heterocycles. The summed E-state index contributed by atoms with van der Waals surface area (Å²) in [5.74, 6) is -0.323. The lowest BCUT2D eigenvalue weighted by Crippen LogP contribution is -2.37. The largest absolute Gasteiger partial charge is 0.493 e. The third-order valence-corrected chi connectivity index (χ3v) is 2.25. The first kappa shape index (κ1) is 14.1. The molecule has 0 aromatic heterocycles. The van der Waals surface area contributed by atoms with Crippen molar-refractivity contribution < 1.29 is 23.2 Å². The van der Waals surface area contributed by atoms with E-state index in [1.54, 1.807) is 6.07 Å². The van der Waals surface area contributed by atoms with Crippen molar-refractivity contribution in [3.05, 3.63) is 29.6 Å². The van der Waals surface area contributed by atoms with Gasteiger partial charge in [-0.25, -0.2) is 4.39 Å². The Morgan fingerprint density at radius 2 is 1.88 bits per heavy atom. The molecule has 0 saturated heterocycles. The Kier molecular flexibility index (Phi) is 6.14. The molecule has 1 aromatic rings. The Hall–Kier alpha value is -0.945. The lowest BCUT2D eigenvalue weighted by atomic mass is 9.76. The fourth-order valence-corrected chi connectivity index (χ4v) is 1.51. The monoisotopic (exact) mass is 242 g/mol. The lowest BCUT2D eigenvalue weighted by molar-refractivity contribution is -0.0389. The zero-order valence-corrected chi connectivity index (χ0v) is 10.2. The highest BCUT2D eigenvalue weighted by Gasteiger charge is 2.21. The molecule has 1 rings (SSSR count). The fraction of sp³-hybridized carbons (Fsp3) is 0.455. The number of methoxy groups -OCH3 is 1. The highest BCUT2D eigenvalue weighted by molar-refractivity contribution is 6.61. The topological polar surface area (TPSA) is 36.9 Å². The van der Waals surface area contributed by atoms with Crippen molar-refractivity contribution in [1.29, 1.82) is 0 Å². The Balaban J connectivity index is 2.86. The first-order chi connectivity index (χ1) is 8.22. The molecule has 0 aliphatic carbocycles. The quantitative estimate of drug-likeness (QED) is 0.405. The molecule has 0 N–H and O–H groups in total. The van der Waals surface area contributed by atoms with Gasteiger partial charge in [0.15, 0.2) is 0 Å². The van der Waals surface area contributed by atoms with Crippen LogP contribution < -0.4 is 5.46 Å². The second kappa shape index (κ2) is 7.39. The van der Waals surface area contributed by atoms with Crippen LogP contribution in [0.3, 0.4) is 0 Å². The highest BCUT2D eigenvalue weighted by atomic mass is 19.1. The average Bonchev–Trinajstić information content (AvgIpc) is 2.33. The molecule has 94 valence electrons. The van der Waals surface area contributed by atoms with Gasteiger partial charge in [0.2, 0.25) is 0 Å². The van der Waals surface area contributed by atoms with Crippen LogP contribution in [0.5, 0.6) is 0 Å². The van der Waals surface area contributed by atoms with Gasteiger partial charge in [-0.1, -0.05) is 6.07 Å². The van der Waals surface area contributed by atoms with Crippen LogP contribution in [0, 0.1) is 5.82 Å². The number of rotatable bonds is 7.